The van der Waals surface area contributed by atoms with Crippen molar-refractivity contribution in [1.29, 1.82) is 0 Å². The summed E-state index contributed by atoms with van der Waals surface area (Å²) in [6, 6.07) is 10.6. The molecular formula is C16H16BrN3S. The Kier molecular flexibility index (Phi) is 4.63. The van der Waals surface area contributed by atoms with Crippen molar-refractivity contribution < 1.29 is 0 Å². The summed E-state index contributed by atoms with van der Waals surface area (Å²) >= 11 is 5.24. The molecule has 0 spiro atoms. The van der Waals surface area contributed by atoms with E-state index < -0.39 is 0 Å². The predicted octanol–water partition coefficient (Wildman–Crippen LogP) is 4.35. The molecule has 3 rings (SSSR count). The predicted molar refractivity (Wildman–Crippen MR) is 91.7 cm³/mol. The Morgan fingerprint density at radius 1 is 1.29 bits per heavy atom. The number of benzene rings is 1. The van der Waals surface area contributed by atoms with Crippen LogP contribution < -0.4 is 5.32 Å². The lowest BCUT2D eigenvalue weighted by Crippen LogP contribution is -2.22. The van der Waals surface area contributed by atoms with Crippen molar-refractivity contribution in [3.63, 3.8) is 0 Å². The summed E-state index contributed by atoms with van der Waals surface area (Å²) in [6.07, 6.45) is 4.62. The van der Waals surface area contributed by atoms with E-state index in [-0.39, 0.29) is 6.04 Å². The zero-order valence-corrected chi connectivity index (χ0v) is 14.1. The van der Waals surface area contributed by atoms with Gasteiger partial charge in [0.25, 0.3) is 0 Å². The van der Waals surface area contributed by atoms with Gasteiger partial charge >= 0.3 is 0 Å². The van der Waals surface area contributed by atoms with Crippen LogP contribution in [0.3, 0.4) is 0 Å². The third-order valence-corrected chi connectivity index (χ3v) is 4.84. The van der Waals surface area contributed by atoms with Crippen molar-refractivity contribution in [2.45, 2.75) is 19.4 Å². The van der Waals surface area contributed by atoms with Gasteiger partial charge in [0.05, 0.1) is 16.3 Å². The smallest absolute Gasteiger partial charge is 0.111 e. The lowest BCUT2D eigenvalue weighted by atomic mass is 10.1. The molecule has 0 aliphatic heterocycles. The molecule has 0 saturated heterocycles. The fourth-order valence-electron chi connectivity index (χ4n) is 2.34. The van der Waals surface area contributed by atoms with E-state index in [9.17, 15) is 0 Å². The van der Waals surface area contributed by atoms with Crippen LogP contribution in [0.4, 0.5) is 0 Å². The molecule has 3 nitrogen and oxygen atoms in total. The lowest BCUT2D eigenvalue weighted by molar-refractivity contribution is 0.547. The number of nitrogens with one attached hydrogen (secondary N) is 1. The minimum atomic E-state index is 0.225. The van der Waals surface area contributed by atoms with Gasteiger partial charge in [0.15, 0.2) is 0 Å². The first kappa shape index (κ1) is 14.6. The van der Waals surface area contributed by atoms with E-state index in [0.29, 0.717) is 0 Å². The van der Waals surface area contributed by atoms with Gasteiger partial charge in [-0.2, -0.15) is 0 Å². The number of halogens is 1. The van der Waals surface area contributed by atoms with Gasteiger partial charge in [-0.05, 0) is 52.7 Å². The summed E-state index contributed by atoms with van der Waals surface area (Å²) in [4.78, 5) is 9.02. The number of thiazole rings is 1. The maximum absolute atomic E-state index is 4.77. The molecule has 1 aromatic carbocycles. The molecule has 0 bridgehead atoms. The van der Waals surface area contributed by atoms with Crippen LogP contribution in [0.2, 0.25) is 0 Å². The average Bonchev–Trinajstić information content (AvgIpc) is 2.91. The van der Waals surface area contributed by atoms with Crippen molar-refractivity contribution in [2.75, 3.05) is 6.54 Å². The quantitative estimate of drug-likeness (QED) is 0.733. The Bertz CT molecular complexity index is 708. The zero-order chi connectivity index (χ0) is 14.7. The Hall–Kier alpha value is -1.30. The Morgan fingerprint density at radius 3 is 2.90 bits per heavy atom. The molecular weight excluding hydrogens is 346 g/mol. The SMILES string of the molecule is CCNC(Cc1cncc(Br)c1)c1nc2ccccc2s1. The molecule has 0 aliphatic carbocycles. The standard InChI is InChI=1S/C16H16BrN3S/c1-2-19-14(8-11-7-12(17)10-18-9-11)16-20-13-5-3-4-6-15(13)21-16/h3-7,9-10,14,19H,2,8H2,1H3. The molecule has 0 radical (unpaired) electrons. The number of para-hydroxylation sites is 1. The second-order valence-corrected chi connectivity index (χ2v) is 6.82. The molecule has 108 valence electrons. The lowest BCUT2D eigenvalue weighted by Gasteiger charge is -2.15. The first-order valence-corrected chi connectivity index (χ1v) is 8.55. The van der Waals surface area contributed by atoms with Crippen LogP contribution in [0.1, 0.15) is 23.5 Å². The van der Waals surface area contributed by atoms with Gasteiger partial charge in [0.2, 0.25) is 0 Å². The summed E-state index contributed by atoms with van der Waals surface area (Å²) in [5, 5.41) is 4.67. The molecule has 0 amide bonds. The molecule has 3 aromatic rings. The Labute approximate surface area is 136 Å². The largest absolute Gasteiger partial charge is 0.308 e. The molecule has 1 atom stereocenters. The van der Waals surface area contributed by atoms with Gasteiger partial charge in [0, 0.05) is 16.9 Å². The molecule has 1 N–H and O–H groups in total. The molecule has 2 aromatic heterocycles. The topological polar surface area (TPSA) is 37.8 Å². The maximum Gasteiger partial charge on any atom is 0.111 e. The van der Waals surface area contributed by atoms with Gasteiger partial charge in [-0.1, -0.05) is 19.1 Å². The molecule has 5 heteroatoms. The first-order valence-electron chi connectivity index (χ1n) is 6.94. The van der Waals surface area contributed by atoms with Gasteiger partial charge in [0.1, 0.15) is 5.01 Å². The minimum Gasteiger partial charge on any atom is -0.308 e. The zero-order valence-electron chi connectivity index (χ0n) is 11.7. The van der Waals surface area contributed by atoms with E-state index in [4.69, 9.17) is 4.98 Å². The second kappa shape index (κ2) is 6.64. The highest BCUT2D eigenvalue weighted by Gasteiger charge is 2.16. The van der Waals surface area contributed by atoms with Crippen molar-refractivity contribution in [3.05, 3.63) is 57.8 Å². The second-order valence-electron chi connectivity index (χ2n) is 4.85. The van der Waals surface area contributed by atoms with Gasteiger partial charge in [-0.3, -0.25) is 4.98 Å². The van der Waals surface area contributed by atoms with Crippen LogP contribution in [0.15, 0.2) is 47.2 Å². The summed E-state index contributed by atoms with van der Waals surface area (Å²) in [5.41, 5.74) is 2.28. The molecule has 1 unspecified atom stereocenters. The fourth-order valence-corrected chi connectivity index (χ4v) is 3.79. The van der Waals surface area contributed by atoms with Gasteiger partial charge < -0.3 is 5.32 Å². The summed E-state index contributed by atoms with van der Waals surface area (Å²) in [6.45, 7) is 3.04. The highest BCUT2D eigenvalue weighted by Crippen LogP contribution is 2.28. The third-order valence-electron chi connectivity index (χ3n) is 3.26. The Balaban J connectivity index is 1.90. The number of pyridine rings is 1. The van der Waals surface area contributed by atoms with E-state index in [0.717, 1.165) is 28.0 Å². The molecule has 2 heterocycles. The van der Waals surface area contributed by atoms with E-state index in [2.05, 4.69) is 57.4 Å². The number of fused-ring (bicyclic) bond motifs is 1. The maximum atomic E-state index is 4.77. The molecule has 0 fully saturated rings. The van der Waals surface area contributed by atoms with Crippen molar-refractivity contribution >= 4 is 37.5 Å². The number of hydrogen-bond donors (Lipinski definition) is 1. The van der Waals surface area contributed by atoms with Gasteiger partial charge in [-0.25, -0.2) is 4.98 Å². The summed E-state index contributed by atoms with van der Waals surface area (Å²) in [7, 11) is 0. The van der Waals surface area contributed by atoms with Crippen molar-refractivity contribution in [1.82, 2.24) is 15.3 Å². The highest BCUT2D eigenvalue weighted by atomic mass is 79.9. The summed E-state index contributed by atoms with van der Waals surface area (Å²) in [5.74, 6) is 0. The van der Waals surface area contributed by atoms with E-state index in [1.54, 1.807) is 11.3 Å². The number of aromatic nitrogens is 2. The van der Waals surface area contributed by atoms with Crippen LogP contribution in [0, 0.1) is 0 Å². The van der Waals surface area contributed by atoms with Crippen molar-refractivity contribution in [3.8, 4) is 0 Å². The normalized spacial score (nSPS) is 12.7. The summed E-state index contributed by atoms with van der Waals surface area (Å²) < 4.78 is 2.25. The minimum absolute atomic E-state index is 0.225. The number of hydrogen-bond acceptors (Lipinski definition) is 4. The van der Waals surface area contributed by atoms with Crippen LogP contribution in [-0.2, 0) is 6.42 Å². The van der Waals surface area contributed by atoms with Crippen LogP contribution in [0.5, 0.6) is 0 Å². The van der Waals surface area contributed by atoms with Gasteiger partial charge in [-0.15, -0.1) is 11.3 Å². The van der Waals surface area contributed by atoms with E-state index >= 15 is 0 Å². The number of rotatable bonds is 5. The number of likely N-dealkylation sites (N-methyl/N-ethyl adjacent to an activating group) is 1. The highest BCUT2D eigenvalue weighted by molar-refractivity contribution is 9.10. The number of nitrogens with zero attached hydrogens (tertiary/aromatic N) is 2. The molecule has 21 heavy (non-hydrogen) atoms. The van der Waals surface area contributed by atoms with Crippen LogP contribution in [0.25, 0.3) is 10.2 Å². The van der Waals surface area contributed by atoms with Crippen molar-refractivity contribution in [2.24, 2.45) is 0 Å². The monoisotopic (exact) mass is 361 g/mol. The third kappa shape index (κ3) is 3.48. The molecule has 0 saturated carbocycles. The fraction of sp³-hybridized carbons (Fsp3) is 0.250. The average molecular weight is 362 g/mol. The van der Waals surface area contributed by atoms with E-state index in [1.807, 2.05) is 18.5 Å². The van der Waals surface area contributed by atoms with Crippen LogP contribution >= 0.6 is 27.3 Å². The molecule has 0 aliphatic rings. The van der Waals surface area contributed by atoms with Crippen LogP contribution in [-0.4, -0.2) is 16.5 Å². The van der Waals surface area contributed by atoms with E-state index in [1.165, 1.54) is 10.3 Å². The first-order chi connectivity index (χ1) is 10.3. The Morgan fingerprint density at radius 2 is 2.14 bits per heavy atom.